The van der Waals surface area contributed by atoms with Gasteiger partial charge in [0.2, 0.25) is 0 Å². The first-order valence-corrected chi connectivity index (χ1v) is 28.5. The minimum atomic E-state index is -0.678. The Bertz CT molecular complexity index is 4370. The molecule has 81 heavy (non-hydrogen) atoms. The molecule has 12 aromatic carbocycles. The zero-order chi connectivity index (χ0) is 54.5. The van der Waals surface area contributed by atoms with Gasteiger partial charge in [-0.1, -0.05) is 246 Å². The molecule has 3 aliphatic carbocycles. The number of anilines is 6. The van der Waals surface area contributed by atoms with Crippen molar-refractivity contribution < 1.29 is 0 Å². The van der Waals surface area contributed by atoms with Gasteiger partial charge in [0.25, 0.3) is 0 Å². The summed E-state index contributed by atoms with van der Waals surface area (Å²) in [6.07, 6.45) is 0. The quantitative estimate of drug-likeness (QED) is 0.135. The molecule has 0 spiro atoms. The summed E-state index contributed by atoms with van der Waals surface area (Å²) in [4.78, 5) is 4.91. The summed E-state index contributed by atoms with van der Waals surface area (Å²) in [7, 11) is 0. The first kappa shape index (κ1) is 48.4. The van der Waals surface area contributed by atoms with Crippen molar-refractivity contribution in [2.45, 2.75) is 43.9 Å². The lowest BCUT2D eigenvalue weighted by Gasteiger charge is -2.35. The Morgan fingerprint density at radius 3 is 1.22 bits per heavy atom. The number of nitrogens with zero attached hydrogens (tertiary/aromatic N) is 2. The van der Waals surface area contributed by atoms with Crippen molar-refractivity contribution in [1.29, 1.82) is 0 Å². The summed E-state index contributed by atoms with van der Waals surface area (Å²) in [5, 5.41) is 0. The molecule has 0 N–H and O–H groups in total. The van der Waals surface area contributed by atoms with Gasteiger partial charge in [0.05, 0.1) is 11.1 Å². The van der Waals surface area contributed by atoms with E-state index in [4.69, 9.17) is 0 Å². The molecule has 0 heterocycles. The molecule has 0 aromatic heterocycles. The molecule has 12 aromatic rings. The molecule has 3 aliphatic rings. The summed E-state index contributed by atoms with van der Waals surface area (Å²) in [5.74, 6) is 0. The molecule has 2 heteroatoms. The van der Waals surface area contributed by atoms with Gasteiger partial charge in [-0.25, -0.2) is 0 Å². The molecular formula is C79H60N2. The van der Waals surface area contributed by atoms with Crippen LogP contribution < -0.4 is 9.80 Å². The van der Waals surface area contributed by atoms with Crippen LogP contribution in [0.1, 0.15) is 72.2 Å². The van der Waals surface area contributed by atoms with Gasteiger partial charge < -0.3 is 9.80 Å². The van der Waals surface area contributed by atoms with Gasteiger partial charge in [0.1, 0.15) is 0 Å². The maximum absolute atomic E-state index is 2.51. The van der Waals surface area contributed by atoms with Gasteiger partial charge in [0, 0.05) is 44.8 Å². The fraction of sp³-hybridized carbons (Fsp3) is 0.0886. The predicted octanol–water partition coefficient (Wildman–Crippen LogP) is 20.9. The number of hydrogen-bond acceptors (Lipinski definition) is 2. The first-order chi connectivity index (χ1) is 39.7. The van der Waals surface area contributed by atoms with Crippen LogP contribution in [0.4, 0.5) is 34.1 Å². The van der Waals surface area contributed by atoms with Gasteiger partial charge in [-0.15, -0.1) is 0 Å². The third kappa shape index (κ3) is 7.47. The molecule has 0 aliphatic heterocycles. The molecule has 2 nitrogen and oxygen atoms in total. The second-order valence-electron chi connectivity index (χ2n) is 23.2. The van der Waals surface area contributed by atoms with Crippen molar-refractivity contribution in [3.8, 4) is 55.6 Å². The van der Waals surface area contributed by atoms with E-state index in [1.165, 1.54) is 94.6 Å². The number of fused-ring (bicyclic) bond motifs is 9. The average Bonchev–Trinajstić information content (AvgIpc) is 4.28. The second-order valence-corrected chi connectivity index (χ2v) is 23.2. The average molecular weight is 1040 g/mol. The van der Waals surface area contributed by atoms with Crippen LogP contribution in [-0.4, -0.2) is 0 Å². The van der Waals surface area contributed by atoms with E-state index in [2.05, 4.69) is 329 Å². The van der Waals surface area contributed by atoms with Gasteiger partial charge in [-0.3, -0.25) is 0 Å². The predicted molar refractivity (Wildman–Crippen MR) is 339 cm³/mol. The van der Waals surface area contributed by atoms with E-state index < -0.39 is 5.41 Å². The normalized spacial score (nSPS) is 15.4. The molecule has 0 saturated heterocycles. The minimum absolute atomic E-state index is 0.118. The van der Waals surface area contributed by atoms with Crippen molar-refractivity contribution >= 4 is 34.1 Å². The molecule has 0 amide bonds. The molecule has 1 atom stereocenters. The fourth-order valence-electron chi connectivity index (χ4n) is 14.2. The van der Waals surface area contributed by atoms with E-state index in [9.17, 15) is 0 Å². The molecule has 0 radical (unpaired) electrons. The van der Waals surface area contributed by atoms with E-state index in [0.717, 1.165) is 39.7 Å². The maximum Gasteiger partial charge on any atom is 0.0714 e. The zero-order valence-electron chi connectivity index (χ0n) is 46.1. The highest BCUT2D eigenvalue weighted by Crippen LogP contribution is 2.61. The topological polar surface area (TPSA) is 6.48 Å². The van der Waals surface area contributed by atoms with Gasteiger partial charge >= 0.3 is 0 Å². The zero-order valence-corrected chi connectivity index (χ0v) is 46.1. The number of benzene rings is 12. The third-order valence-electron chi connectivity index (χ3n) is 18.2. The lowest BCUT2D eigenvalue weighted by atomic mass is 9.67. The van der Waals surface area contributed by atoms with E-state index in [0.29, 0.717) is 0 Å². The van der Waals surface area contributed by atoms with Crippen LogP contribution in [0.3, 0.4) is 0 Å². The minimum Gasteiger partial charge on any atom is -0.310 e. The summed E-state index contributed by atoms with van der Waals surface area (Å²) in [6, 6.07) is 109. The lowest BCUT2D eigenvalue weighted by Crippen LogP contribution is -2.28. The molecular weight excluding hydrogens is 977 g/mol. The van der Waals surface area contributed by atoms with Crippen LogP contribution >= 0.6 is 0 Å². The molecule has 1 unspecified atom stereocenters. The highest BCUT2D eigenvalue weighted by molar-refractivity contribution is 5.99. The van der Waals surface area contributed by atoms with Gasteiger partial charge in [0.15, 0.2) is 0 Å². The van der Waals surface area contributed by atoms with Crippen LogP contribution in [0.5, 0.6) is 0 Å². The largest absolute Gasteiger partial charge is 0.310 e. The van der Waals surface area contributed by atoms with Crippen LogP contribution in [0.15, 0.2) is 291 Å². The number of para-hydroxylation sites is 2. The second kappa shape index (κ2) is 18.7. The van der Waals surface area contributed by atoms with Crippen molar-refractivity contribution in [2.24, 2.45) is 0 Å². The Morgan fingerprint density at radius 1 is 0.235 bits per heavy atom. The summed E-state index contributed by atoms with van der Waals surface area (Å²) in [6.45, 7) is 9.47. The smallest absolute Gasteiger partial charge is 0.0714 e. The van der Waals surface area contributed by atoms with Gasteiger partial charge in [-0.2, -0.15) is 0 Å². The Labute approximate surface area is 476 Å². The lowest BCUT2D eigenvalue weighted by molar-refractivity contribution is 0.660. The van der Waals surface area contributed by atoms with Crippen molar-refractivity contribution in [1.82, 2.24) is 0 Å². The highest BCUT2D eigenvalue weighted by atomic mass is 15.1. The molecule has 0 fully saturated rings. The van der Waals surface area contributed by atoms with Crippen molar-refractivity contribution in [3.05, 3.63) is 336 Å². The fourth-order valence-corrected chi connectivity index (χ4v) is 14.2. The summed E-state index contributed by atoms with van der Waals surface area (Å²) >= 11 is 0. The number of hydrogen-bond donors (Lipinski definition) is 0. The molecule has 0 bridgehead atoms. The SMILES string of the molecule is CC1(C)c2ccccc2-c2ccc(N(c3ccccc3)c3ccc(-c4ccc5c(c4)C(c4ccccc4)(c4ccc(-c6ccccc6)cc4)c4cccc(N(c6ccccc6)c6ccc7c(c6)C(C)(C)c6ccccc6-7)c4-5)cc3)cc21. The van der Waals surface area contributed by atoms with E-state index in [-0.39, 0.29) is 10.8 Å². The van der Waals surface area contributed by atoms with Crippen LogP contribution in [0.2, 0.25) is 0 Å². The Balaban J connectivity index is 0.915. The Hall–Kier alpha value is -9.76. The third-order valence-corrected chi connectivity index (χ3v) is 18.2. The van der Waals surface area contributed by atoms with E-state index in [1.54, 1.807) is 0 Å². The summed E-state index contributed by atoms with van der Waals surface area (Å²) in [5.41, 5.74) is 28.7. The van der Waals surface area contributed by atoms with Crippen molar-refractivity contribution in [2.75, 3.05) is 9.80 Å². The molecule has 0 saturated carbocycles. The number of rotatable bonds is 10. The van der Waals surface area contributed by atoms with E-state index in [1.807, 2.05) is 0 Å². The van der Waals surface area contributed by atoms with Crippen LogP contribution in [0, 0.1) is 0 Å². The maximum atomic E-state index is 2.51. The molecule has 386 valence electrons. The Kier molecular flexibility index (Phi) is 11.2. The highest BCUT2D eigenvalue weighted by Gasteiger charge is 2.48. The van der Waals surface area contributed by atoms with E-state index >= 15 is 0 Å². The monoisotopic (exact) mass is 1040 g/mol. The molecule has 15 rings (SSSR count). The van der Waals surface area contributed by atoms with Crippen LogP contribution in [0.25, 0.3) is 55.6 Å². The standard InChI is InChI=1S/C79H60N2/c1-77(2)69-32-19-17-30-64(69)66-48-45-62(51-72(66)77)80(59-26-13-7-14-27-59)61-43-38-55(39-44-61)56-40-47-68-74(50-56)79(57-24-11-6-12-25-57,58-41-36-54(37-42-58)53-22-9-5-10-23-53)71-34-21-35-75(76(68)71)81(60-28-15-8-16-29-60)63-46-49-67-65-31-18-20-33-70(65)78(3,4)73(67)52-63/h5-52H,1-4H3. The van der Waals surface area contributed by atoms with Crippen molar-refractivity contribution in [3.63, 3.8) is 0 Å². The summed E-state index contributed by atoms with van der Waals surface area (Å²) < 4.78 is 0. The first-order valence-electron chi connectivity index (χ1n) is 28.5. The Morgan fingerprint density at radius 2 is 0.630 bits per heavy atom. The van der Waals surface area contributed by atoms with Gasteiger partial charge in [-0.05, 0) is 167 Å². The van der Waals surface area contributed by atoms with Crippen LogP contribution in [-0.2, 0) is 16.2 Å².